The Bertz CT molecular complexity index is 441. The molecule has 1 aromatic carbocycles. The summed E-state index contributed by atoms with van der Waals surface area (Å²) in [4.78, 5) is 21.9. The molecule has 1 amide bonds. The SMILES string of the molecule is CC(=O)SCCC=Cc1ccc(C(=O)NN)cc1. The van der Waals surface area contributed by atoms with Crippen LogP contribution in [0.25, 0.3) is 6.08 Å². The summed E-state index contributed by atoms with van der Waals surface area (Å²) in [7, 11) is 0. The molecule has 0 spiro atoms. The van der Waals surface area contributed by atoms with Gasteiger partial charge in [-0.3, -0.25) is 15.0 Å². The molecule has 3 N–H and O–H groups in total. The van der Waals surface area contributed by atoms with Crippen molar-refractivity contribution in [2.45, 2.75) is 13.3 Å². The predicted octanol–water partition coefficient (Wildman–Crippen LogP) is 1.97. The maximum absolute atomic E-state index is 11.2. The van der Waals surface area contributed by atoms with Crippen LogP contribution in [0.5, 0.6) is 0 Å². The summed E-state index contributed by atoms with van der Waals surface area (Å²) in [6.45, 7) is 1.57. The van der Waals surface area contributed by atoms with Crippen LogP contribution in [0.15, 0.2) is 30.3 Å². The smallest absolute Gasteiger partial charge is 0.265 e. The molecule has 0 fully saturated rings. The number of nitrogens with one attached hydrogen (secondary N) is 1. The molecule has 0 radical (unpaired) electrons. The highest BCUT2D eigenvalue weighted by Crippen LogP contribution is 2.08. The lowest BCUT2D eigenvalue weighted by Gasteiger charge is -1.99. The van der Waals surface area contributed by atoms with Gasteiger partial charge in [0.25, 0.3) is 5.91 Å². The van der Waals surface area contributed by atoms with E-state index in [1.807, 2.05) is 24.3 Å². The van der Waals surface area contributed by atoms with Crippen LogP contribution in [0.1, 0.15) is 29.3 Å². The molecule has 18 heavy (non-hydrogen) atoms. The first-order chi connectivity index (χ1) is 8.63. The largest absolute Gasteiger partial charge is 0.290 e. The van der Waals surface area contributed by atoms with Crippen molar-refractivity contribution < 1.29 is 9.59 Å². The predicted molar refractivity (Wildman–Crippen MR) is 74.9 cm³/mol. The molecule has 96 valence electrons. The number of nitrogens with two attached hydrogens (primary N) is 1. The van der Waals surface area contributed by atoms with E-state index in [9.17, 15) is 9.59 Å². The number of carbonyl (C=O) groups excluding carboxylic acids is 2. The molecule has 0 unspecified atom stereocenters. The van der Waals surface area contributed by atoms with Crippen molar-refractivity contribution in [3.05, 3.63) is 41.5 Å². The summed E-state index contributed by atoms with van der Waals surface area (Å²) >= 11 is 1.32. The van der Waals surface area contributed by atoms with Crippen molar-refractivity contribution in [2.24, 2.45) is 5.84 Å². The third-order valence-corrected chi connectivity index (χ3v) is 3.05. The summed E-state index contributed by atoms with van der Waals surface area (Å²) in [5.74, 6) is 5.53. The second-order valence-corrected chi connectivity index (χ2v) is 4.90. The molecule has 0 aromatic heterocycles. The number of amides is 1. The van der Waals surface area contributed by atoms with E-state index in [4.69, 9.17) is 5.84 Å². The highest BCUT2D eigenvalue weighted by atomic mass is 32.2. The quantitative estimate of drug-likeness (QED) is 0.369. The van der Waals surface area contributed by atoms with Crippen molar-refractivity contribution in [1.29, 1.82) is 0 Å². The fourth-order valence-electron chi connectivity index (χ4n) is 1.32. The second-order valence-electron chi connectivity index (χ2n) is 3.63. The molecule has 0 saturated carbocycles. The Kier molecular flexibility index (Phi) is 6.18. The van der Waals surface area contributed by atoms with Gasteiger partial charge in [-0.25, -0.2) is 5.84 Å². The highest BCUT2D eigenvalue weighted by molar-refractivity contribution is 8.13. The molecule has 0 aliphatic heterocycles. The lowest BCUT2D eigenvalue weighted by molar-refractivity contribution is -0.109. The number of benzene rings is 1. The normalized spacial score (nSPS) is 10.6. The summed E-state index contributed by atoms with van der Waals surface area (Å²) in [6, 6.07) is 7.12. The van der Waals surface area contributed by atoms with Crippen LogP contribution in [-0.2, 0) is 4.79 Å². The molecule has 0 aliphatic carbocycles. The molecule has 0 aliphatic rings. The van der Waals surface area contributed by atoms with E-state index >= 15 is 0 Å². The van der Waals surface area contributed by atoms with Crippen molar-refractivity contribution in [2.75, 3.05) is 5.75 Å². The van der Waals surface area contributed by atoms with Crippen LogP contribution in [0.4, 0.5) is 0 Å². The van der Waals surface area contributed by atoms with Gasteiger partial charge in [0, 0.05) is 18.2 Å². The van der Waals surface area contributed by atoms with Crippen molar-refractivity contribution in [3.8, 4) is 0 Å². The van der Waals surface area contributed by atoms with Gasteiger partial charge in [0.15, 0.2) is 5.12 Å². The fraction of sp³-hybridized carbons (Fsp3) is 0.231. The minimum Gasteiger partial charge on any atom is -0.290 e. The molecule has 0 saturated heterocycles. The summed E-state index contributed by atoms with van der Waals surface area (Å²) in [5, 5.41) is 0.139. The van der Waals surface area contributed by atoms with E-state index in [1.54, 1.807) is 19.1 Å². The van der Waals surface area contributed by atoms with Gasteiger partial charge in [-0.2, -0.15) is 0 Å². The Morgan fingerprint density at radius 1 is 1.33 bits per heavy atom. The van der Waals surface area contributed by atoms with Crippen molar-refractivity contribution in [1.82, 2.24) is 5.43 Å². The number of allylic oxidation sites excluding steroid dienone is 1. The van der Waals surface area contributed by atoms with Crippen LogP contribution in [0.3, 0.4) is 0 Å². The third kappa shape index (κ3) is 5.16. The van der Waals surface area contributed by atoms with E-state index < -0.39 is 0 Å². The van der Waals surface area contributed by atoms with Crippen LogP contribution in [0, 0.1) is 0 Å². The van der Waals surface area contributed by atoms with E-state index in [-0.39, 0.29) is 11.0 Å². The zero-order chi connectivity index (χ0) is 13.4. The van der Waals surface area contributed by atoms with Gasteiger partial charge in [-0.15, -0.1) is 0 Å². The molecular formula is C13H16N2O2S. The minimum absolute atomic E-state index is 0.139. The first kappa shape index (κ1) is 14.5. The zero-order valence-corrected chi connectivity index (χ0v) is 11.0. The zero-order valence-electron chi connectivity index (χ0n) is 10.2. The molecular weight excluding hydrogens is 248 g/mol. The molecule has 0 heterocycles. The lowest BCUT2D eigenvalue weighted by atomic mass is 10.1. The molecule has 0 atom stereocenters. The summed E-state index contributed by atoms with van der Waals surface area (Å²) < 4.78 is 0. The minimum atomic E-state index is -0.302. The van der Waals surface area contributed by atoms with E-state index in [0.717, 1.165) is 17.7 Å². The van der Waals surface area contributed by atoms with Crippen molar-refractivity contribution in [3.63, 3.8) is 0 Å². The van der Waals surface area contributed by atoms with Gasteiger partial charge in [0.2, 0.25) is 0 Å². The number of hydrazine groups is 1. The number of hydrogen-bond acceptors (Lipinski definition) is 4. The number of thioether (sulfide) groups is 1. The molecule has 5 heteroatoms. The van der Waals surface area contributed by atoms with Crippen LogP contribution < -0.4 is 11.3 Å². The molecule has 1 rings (SSSR count). The Balaban J connectivity index is 2.45. The first-order valence-electron chi connectivity index (χ1n) is 5.54. The fourth-order valence-corrected chi connectivity index (χ4v) is 1.86. The van der Waals surface area contributed by atoms with Gasteiger partial charge in [-0.1, -0.05) is 36.0 Å². The lowest BCUT2D eigenvalue weighted by Crippen LogP contribution is -2.29. The average molecular weight is 264 g/mol. The molecule has 4 nitrogen and oxygen atoms in total. The maximum Gasteiger partial charge on any atom is 0.265 e. The highest BCUT2D eigenvalue weighted by Gasteiger charge is 2.01. The van der Waals surface area contributed by atoms with Crippen molar-refractivity contribution >= 4 is 28.9 Å². The maximum atomic E-state index is 11.2. The van der Waals surface area contributed by atoms with Crippen LogP contribution in [-0.4, -0.2) is 16.8 Å². The number of carbonyl (C=O) groups is 2. The van der Waals surface area contributed by atoms with Crippen LogP contribution >= 0.6 is 11.8 Å². The topological polar surface area (TPSA) is 72.2 Å². The Morgan fingerprint density at radius 2 is 2.00 bits per heavy atom. The Hall–Kier alpha value is -1.59. The molecule has 0 bridgehead atoms. The van der Waals surface area contributed by atoms with E-state index in [2.05, 4.69) is 5.43 Å². The second kappa shape index (κ2) is 7.68. The average Bonchev–Trinajstić information content (AvgIpc) is 2.38. The Labute approximate surface area is 111 Å². The molecule has 1 aromatic rings. The number of hydrogen-bond donors (Lipinski definition) is 2. The summed E-state index contributed by atoms with van der Waals surface area (Å²) in [6.07, 6.45) is 4.81. The van der Waals surface area contributed by atoms with Crippen LogP contribution in [0.2, 0.25) is 0 Å². The van der Waals surface area contributed by atoms with Gasteiger partial charge in [-0.05, 0) is 24.1 Å². The van der Waals surface area contributed by atoms with Gasteiger partial charge in [0.1, 0.15) is 0 Å². The van der Waals surface area contributed by atoms with Gasteiger partial charge in [0.05, 0.1) is 0 Å². The third-order valence-electron chi connectivity index (χ3n) is 2.20. The van der Waals surface area contributed by atoms with E-state index in [1.165, 1.54) is 11.8 Å². The first-order valence-corrected chi connectivity index (χ1v) is 6.53. The standard InChI is InChI=1S/C13H16N2O2S/c1-10(16)18-9-3-2-4-11-5-7-12(8-6-11)13(17)15-14/h2,4-8H,3,9,14H2,1H3,(H,15,17). The number of nitrogen functional groups attached to an aromatic ring is 1. The van der Waals surface area contributed by atoms with Gasteiger partial charge >= 0.3 is 0 Å². The van der Waals surface area contributed by atoms with E-state index in [0.29, 0.717) is 5.56 Å². The van der Waals surface area contributed by atoms with Gasteiger partial charge < -0.3 is 0 Å². The monoisotopic (exact) mass is 264 g/mol. The number of rotatable bonds is 5. The Morgan fingerprint density at radius 3 is 2.56 bits per heavy atom. The summed E-state index contributed by atoms with van der Waals surface area (Å²) in [5.41, 5.74) is 3.62.